The zero-order valence-electron chi connectivity index (χ0n) is 19.1. The average molecular weight is 453 g/mol. The molecule has 4 aliphatic rings. The first-order valence-corrected chi connectivity index (χ1v) is 12.3. The summed E-state index contributed by atoms with van der Waals surface area (Å²) in [6.07, 6.45) is 6.16. The van der Waals surface area contributed by atoms with Crippen LogP contribution in [0.4, 0.5) is 13.2 Å². The molecule has 8 unspecified atom stereocenters. The fourth-order valence-electron chi connectivity index (χ4n) is 8.48. The van der Waals surface area contributed by atoms with Crippen LogP contribution in [0.3, 0.4) is 0 Å². The highest BCUT2D eigenvalue weighted by atomic mass is 19.4. The molecule has 5 rings (SSSR count). The molecule has 32 heavy (non-hydrogen) atoms. The van der Waals surface area contributed by atoms with E-state index in [0.29, 0.717) is 29.6 Å². The van der Waals surface area contributed by atoms with Gasteiger partial charge in [-0.3, -0.25) is 9.48 Å². The molecule has 4 aliphatic carbocycles. The van der Waals surface area contributed by atoms with Gasteiger partial charge in [-0.1, -0.05) is 6.92 Å². The number of aromatic nitrogens is 2. The number of Topliss-reactive ketones (excluding diaryl/α,β-unsaturated/α-hetero) is 1. The Morgan fingerprint density at radius 3 is 2.56 bits per heavy atom. The van der Waals surface area contributed by atoms with E-state index in [1.165, 1.54) is 19.0 Å². The van der Waals surface area contributed by atoms with Crippen molar-refractivity contribution in [2.45, 2.75) is 90.0 Å². The smallest absolute Gasteiger partial charge is 0.390 e. The van der Waals surface area contributed by atoms with Crippen LogP contribution in [-0.2, 0) is 17.5 Å². The number of alkyl halides is 3. The van der Waals surface area contributed by atoms with Gasteiger partial charge in [0.25, 0.3) is 0 Å². The van der Waals surface area contributed by atoms with Crippen LogP contribution in [0.5, 0.6) is 0 Å². The molecule has 0 aliphatic heterocycles. The molecule has 178 valence electrons. The highest BCUT2D eigenvalue weighted by Crippen LogP contribution is 2.64. The summed E-state index contributed by atoms with van der Waals surface area (Å²) in [5.74, 6) is 3.17. The fourth-order valence-corrected chi connectivity index (χ4v) is 8.48. The topological polar surface area (TPSA) is 55.1 Å². The lowest BCUT2D eigenvalue weighted by Gasteiger charge is -2.56. The van der Waals surface area contributed by atoms with Gasteiger partial charge < -0.3 is 5.11 Å². The molecule has 4 nitrogen and oxygen atoms in total. The SMILES string of the molecule is CC1(O)CCC2C(CCC3C2CCC2(C)C(C(=O)Cn4ccc(C(F)(F)F)n4)CCC32)C1. The second-order valence-electron chi connectivity index (χ2n) is 11.7. The molecule has 0 aromatic carbocycles. The Kier molecular flexibility index (Phi) is 5.31. The van der Waals surface area contributed by atoms with Crippen molar-refractivity contribution in [3.05, 3.63) is 18.0 Å². The number of aliphatic hydroxyl groups is 1. The number of hydrogen-bond acceptors (Lipinski definition) is 3. The van der Waals surface area contributed by atoms with E-state index in [1.807, 2.05) is 6.92 Å². The van der Waals surface area contributed by atoms with Gasteiger partial charge in [-0.15, -0.1) is 0 Å². The summed E-state index contributed by atoms with van der Waals surface area (Å²) < 4.78 is 39.8. The fraction of sp³-hybridized carbons (Fsp3) is 0.840. The summed E-state index contributed by atoms with van der Waals surface area (Å²) in [5, 5.41) is 14.1. The summed E-state index contributed by atoms with van der Waals surface area (Å²) in [7, 11) is 0. The molecule has 8 atom stereocenters. The molecule has 4 fully saturated rings. The minimum Gasteiger partial charge on any atom is -0.390 e. The lowest BCUT2D eigenvalue weighted by molar-refractivity contribution is -0.142. The maximum atomic E-state index is 13.2. The monoisotopic (exact) mass is 452 g/mol. The van der Waals surface area contributed by atoms with Gasteiger partial charge in [0.05, 0.1) is 12.1 Å². The highest BCUT2D eigenvalue weighted by Gasteiger charge is 2.58. The van der Waals surface area contributed by atoms with E-state index in [9.17, 15) is 23.1 Å². The Labute approximate surface area is 187 Å². The number of halogens is 3. The largest absolute Gasteiger partial charge is 0.435 e. The number of hydrogen-bond donors (Lipinski definition) is 1. The Hall–Kier alpha value is -1.37. The molecule has 0 amide bonds. The molecule has 0 radical (unpaired) electrons. The molecule has 1 aromatic rings. The number of nitrogens with zero attached hydrogens (tertiary/aromatic N) is 2. The van der Waals surface area contributed by atoms with Crippen molar-refractivity contribution < 1.29 is 23.1 Å². The van der Waals surface area contributed by atoms with Crippen LogP contribution in [0.25, 0.3) is 0 Å². The van der Waals surface area contributed by atoms with Crippen molar-refractivity contribution in [2.75, 3.05) is 0 Å². The first-order valence-electron chi connectivity index (χ1n) is 12.3. The standard InChI is InChI=1S/C25H35F3N2O2/c1-23(32)10-7-16-15(13-23)3-4-18-17(16)8-11-24(2)19(18)5-6-20(24)21(31)14-30-12-9-22(29-30)25(26,27)28/h9,12,15-20,32H,3-8,10-11,13-14H2,1-2H3. The van der Waals surface area contributed by atoms with Crippen molar-refractivity contribution in [3.8, 4) is 0 Å². The molecule has 0 saturated heterocycles. The van der Waals surface area contributed by atoms with E-state index in [1.54, 1.807) is 0 Å². The minimum atomic E-state index is -4.48. The third kappa shape index (κ3) is 3.72. The molecule has 0 spiro atoms. The Bertz CT molecular complexity index is 879. The number of fused-ring (bicyclic) bond motifs is 5. The van der Waals surface area contributed by atoms with Gasteiger partial charge in [0.1, 0.15) is 0 Å². The Morgan fingerprint density at radius 1 is 1.09 bits per heavy atom. The van der Waals surface area contributed by atoms with E-state index in [4.69, 9.17) is 0 Å². The zero-order valence-corrected chi connectivity index (χ0v) is 19.1. The zero-order chi connectivity index (χ0) is 22.9. The van der Waals surface area contributed by atoms with Crippen LogP contribution < -0.4 is 0 Å². The minimum absolute atomic E-state index is 0.0349. The van der Waals surface area contributed by atoms with Gasteiger partial charge >= 0.3 is 6.18 Å². The average Bonchev–Trinajstić information content (AvgIpc) is 3.30. The number of ketones is 1. The first kappa shape index (κ1) is 22.4. The van der Waals surface area contributed by atoms with E-state index in [0.717, 1.165) is 55.7 Å². The Morgan fingerprint density at radius 2 is 1.84 bits per heavy atom. The third-order valence-corrected chi connectivity index (χ3v) is 9.87. The number of carbonyl (C=O) groups excluding carboxylic acids is 1. The molecule has 0 bridgehead atoms. The van der Waals surface area contributed by atoms with Crippen LogP contribution >= 0.6 is 0 Å². The molecule has 7 heteroatoms. The van der Waals surface area contributed by atoms with Crippen LogP contribution in [-0.4, -0.2) is 26.3 Å². The van der Waals surface area contributed by atoms with E-state index < -0.39 is 17.5 Å². The lowest BCUT2D eigenvalue weighted by Crippen LogP contribution is -2.51. The quantitative estimate of drug-likeness (QED) is 0.660. The normalized spacial score (nSPS) is 43.9. The molecule has 1 aromatic heterocycles. The van der Waals surface area contributed by atoms with E-state index in [-0.39, 0.29) is 23.7 Å². The first-order chi connectivity index (χ1) is 15.0. The molecule has 4 saturated carbocycles. The second-order valence-corrected chi connectivity index (χ2v) is 11.7. The number of carbonyl (C=O) groups is 1. The van der Waals surface area contributed by atoms with Crippen LogP contribution in [0.15, 0.2) is 12.3 Å². The van der Waals surface area contributed by atoms with Crippen molar-refractivity contribution in [3.63, 3.8) is 0 Å². The van der Waals surface area contributed by atoms with Gasteiger partial charge in [-0.05, 0) is 106 Å². The van der Waals surface area contributed by atoms with Gasteiger partial charge in [0, 0.05) is 12.1 Å². The summed E-state index contributed by atoms with van der Waals surface area (Å²) in [6, 6.07) is 0.942. The van der Waals surface area contributed by atoms with Gasteiger partial charge in [0.15, 0.2) is 11.5 Å². The van der Waals surface area contributed by atoms with Crippen LogP contribution in [0.1, 0.15) is 77.3 Å². The van der Waals surface area contributed by atoms with Gasteiger partial charge in [-0.2, -0.15) is 18.3 Å². The second kappa shape index (κ2) is 7.57. The van der Waals surface area contributed by atoms with Crippen molar-refractivity contribution in [2.24, 2.45) is 40.9 Å². The summed E-state index contributed by atoms with van der Waals surface area (Å²) in [5.41, 5.74) is -1.50. The summed E-state index contributed by atoms with van der Waals surface area (Å²) in [6.45, 7) is 4.18. The van der Waals surface area contributed by atoms with Gasteiger partial charge in [0.2, 0.25) is 0 Å². The predicted molar refractivity (Wildman–Crippen MR) is 113 cm³/mol. The summed E-state index contributed by atoms with van der Waals surface area (Å²) >= 11 is 0. The lowest BCUT2D eigenvalue weighted by atomic mass is 9.49. The van der Waals surface area contributed by atoms with Crippen LogP contribution in [0.2, 0.25) is 0 Å². The summed E-state index contributed by atoms with van der Waals surface area (Å²) in [4.78, 5) is 13.2. The molecular weight excluding hydrogens is 417 g/mol. The molecule has 1 N–H and O–H groups in total. The van der Waals surface area contributed by atoms with E-state index >= 15 is 0 Å². The third-order valence-electron chi connectivity index (χ3n) is 9.87. The Balaban J connectivity index is 1.29. The van der Waals surface area contributed by atoms with E-state index in [2.05, 4.69) is 12.0 Å². The molecule has 1 heterocycles. The molecular formula is C25H35F3N2O2. The van der Waals surface area contributed by atoms with Crippen LogP contribution in [0, 0.1) is 40.9 Å². The highest BCUT2D eigenvalue weighted by molar-refractivity contribution is 5.82. The maximum absolute atomic E-state index is 13.2. The van der Waals surface area contributed by atoms with Crippen molar-refractivity contribution >= 4 is 5.78 Å². The van der Waals surface area contributed by atoms with Crippen molar-refractivity contribution in [1.29, 1.82) is 0 Å². The maximum Gasteiger partial charge on any atom is 0.435 e. The predicted octanol–water partition coefficient (Wildman–Crippen LogP) is 5.49. The van der Waals surface area contributed by atoms with Crippen molar-refractivity contribution in [1.82, 2.24) is 9.78 Å². The van der Waals surface area contributed by atoms with Gasteiger partial charge in [-0.25, -0.2) is 0 Å². The number of rotatable bonds is 3.